The summed E-state index contributed by atoms with van der Waals surface area (Å²) in [6.45, 7) is 0.255. The number of nitrogens with one attached hydrogen (secondary N) is 1. The number of aryl methyl sites for hydroxylation is 2. The van der Waals surface area contributed by atoms with Gasteiger partial charge in [0.2, 0.25) is 0 Å². The number of methoxy groups -OCH3 is 1. The van der Waals surface area contributed by atoms with Crippen LogP contribution in [0.2, 0.25) is 0 Å². The molecule has 0 unspecified atom stereocenters. The number of carbonyl (C=O) groups excluding carboxylic acids is 1. The Bertz CT molecular complexity index is 1110. The predicted octanol–water partition coefficient (Wildman–Crippen LogP) is 3.73. The fourth-order valence-electron chi connectivity index (χ4n) is 3.56. The average molecular weight is 462 g/mol. The summed E-state index contributed by atoms with van der Waals surface area (Å²) in [4.78, 5) is 32.0. The predicted molar refractivity (Wildman–Crippen MR) is 112 cm³/mol. The molecular formula is C20H20BrN3O3S. The Balaban J connectivity index is 1.63. The maximum atomic E-state index is 13.0. The number of amides is 1. The molecule has 28 heavy (non-hydrogen) atoms. The van der Waals surface area contributed by atoms with E-state index in [1.165, 1.54) is 17.5 Å². The molecule has 2 heterocycles. The third kappa shape index (κ3) is 3.58. The van der Waals surface area contributed by atoms with Crippen LogP contribution in [-0.4, -0.2) is 22.4 Å². The second kappa shape index (κ2) is 8.05. The number of aromatic nitrogens is 2. The fourth-order valence-corrected chi connectivity index (χ4v) is 5.13. The minimum absolute atomic E-state index is 0.0660. The molecule has 0 radical (unpaired) electrons. The van der Waals surface area contributed by atoms with Crippen LogP contribution in [0.1, 0.15) is 45.8 Å². The largest absolute Gasteiger partial charge is 0.496 e. The first kappa shape index (κ1) is 19.1. The molecule has 1 N–H and O–H groups in total. The van der Waals surface area contributed by atoms with Crippen molar-refractivity contribution in [3.8, 4) is 5.75 Å². The van der Waals surface area contributed by atoms with Gasteiger partial charge in [-0.1, -0.05) is 22.4 Å². The molecule has 1 aliphatic carbocycles. The Morgan fingerprint density at radius 1 is 1.32 bits per heavy atom. The molecule has 0 bridgehead atoms. The van der Waals surface area contributed by atoms with Gasteiger partial charge >= 0.3 is 0 Å². The molecule has 0 saturated heterocycles. The van der Waals surface area contributed by atoms with Crippen LogP contribution in [0.15, 0.2) is 33.7 Å². The van der Waals surface area contributed by atoms with E-state index >= 15 is 0 Å². The third-order valence-corrected chi connectivity index (χ3v) is 6.63. The lowest BCUT2D eigenvalue weighted by molar-refractivity contribution is 0.0948. The first-order chi connectivity index (χ1) is 13.6. The molecule has 0 saturated carbocycles. The van der Waals surface area contributed by atoms with Crippen molar-refractivity contribution in [2.75, 3.05) is 7.11 Å². The van der Waals surface area contributed by atoms with Crippen LogP contribution in [0.4, 0.5) is 0 Å². The van der Waals surface area contributed by atoms with Gasteiger partial charge in [0.25, 0.3) is 11.5 Å². The molecule has 146 valence electrons. The fraction of sp³-hybridized carbons (Fsp3) is 0.350. The van der Waals surface area contributed by atoms with Crippen LogP contribution in [0.25, 0.3) is 4.96 Å². The Morgan fingerprint density at radius 2 is 2.14 bits per heavy atom. The lowest BCUT2D eigenvalue weighted by Gasteiger charge is -2.10. The molecule has 0 spiro atoms. The third-order valence-electron chi connectivity index (χ3n) is 4.98. The zero-order chi connectivity index (χ0) is 19.7. The molecule has 8 heteroatoms. The second-order valence-electron chi connectivity index (χ2n) is 6.77. The van der Waals surface area contributed by atoms with Crippen LogP contribution < -0.4 is 15.6 Å². The van der Waals surface area contributed by atoms with Crippen LogP contribution in [0.5, 0.6) is 5.75 Å². The summed E-state index contributed by atoms with van der Waals surface area (Å²) in [5.74, 6) is 0.249. The number of hydrogen-bond donors (Lipinski definition) is 1. The number of rotatable bonds is 4. The number of nitrogens with zero attached hydrogens (tertiary/aromatic N) is 2. The van der Waals surface area contributed by atoms with Gasteiger partial charge in [0.1, 0.15) is 11.3 Å². The lowest BCUT2D eigenvalue weighted by Crippen LogP contribution is -2.31. The van der Waals surface area contributed by atoms with Crippen molar-refractivity contribution in [3.63, 3.8) is 0 Å². The van der Waals surface area contributed by atoms with Crippen LogP contribution in [0, 0.1) is 0 Å². The van der Waals surface area contributed by atoms with Crippen LogP contribution >= 0.6 is 27.3 Å². The highest BCUT2D eigenvalue weighted by Gasteiger charge is 2.21. The minimum Gasteiger partial charge on any atom is -0.496 e. The van der Waals surface area contributed by atoms with Crippen molar-refractivity contribution in [3.05, 3.63) is 60.9 Å². The Morgan fingerprint density at radius 3 is 2.96 bits per heavy atom. The van der Waals surface area contributed by atoms with E-state index in [1.54, 1.807) is 22.8 Å². The molecule has 2 aromatic heterocycles. The molecule has 1 aliphatic rings. The number of fused-ring (bicyclic) bond motifs is 3. The highest BCUT2D eigenvalue weighted by atomic mass is 79.9. The van der Waals surface area contributed by atoms with Crippen molar-refractivity contribution in [2.45, 2.75) is 38.6 Å². The summed E-state index contributed by atoms with van der Waals surface area (Å²) in [6, 6.07) is 5.58. The van der Waals surface area contributed by atoms with Crippen molar-refractivity contribution in [1.82, 2.24) is 14.7 Å². The lowest BCUT2D eigenvalue weighted by atomic mass is 10.2. The maximum Gasteiger partial charge on any atom is 0.271 e. The molecule has 4 rings (SSSR count). The molecule has 1 amide bonds. The van der Waals surface area contributed by atoms with Crippen LogP contribution in [0.3, 0.4) is 0 Å². The van der Waals surface area contributed by atoms with Gasteiger partial charge in [-0.2, -0.15) is 0 Å². The van der Waals surface area contributed by atoms with E-state index in [-0.39, 0.29) is 17.7 Å². The van der Waals surface area contributed by atoms with Crippen molar-refractivity contribution >= 4 is 38.1 Å². The molecule has 1 aromatic carbocycles. The summed E-state index contributed by atoms with van der Waals surface area (Å²) in [5, 5.41) is 2.82. The molecule has 3 aromatic rings. The summed E-state index contributed by atoms with van der Waals surface area (Å²) < 4.78 is 7.86. The van der Waals surface area contributed by atoms with E-state index in [4.69, 9.17) is 4.74 Å². The first-order valence-electron chi connectivity index (χ1n) is 9.21. The average Bonchev–Trinajstić information content (AvgIpc) is 2.89. The summed E-state index contributed by atoms with van der Waals surface area (Å²) >= 11 is 4.99. The normalized spacial score (nSPS) is 13.8. The first-order valence-corrected chi connectivity index (χ1v) is 10.8. The van der Waals surface area contributed by atoms with Crippen LogP contribution in [-0.2, 0) is 19.4 Å². The molecule has 0 aliphatic heterocycles. The van der Waals surface area contributed by atoms with Gasteiger partial charge in [-0.15, -0.1) is 11.3 Å². The summed E-state index contributed by atoms with van der Waals surface area (Å²) in [7, 11) is 1.58. The van der Waals surface area contributed by atoms with Gasteiger partial charge in [-0.05, 0) is 43.9 Å². The van der Waals surface area contributed by atoms with E-state index in [9.17, 15) is 9.59 Å². The number of carbonyl (C=O) groups is 1. The number of thiazole rings is 1. The Kier molecular flexibility index (Phi) is 5.50. The second-order valence-corrected chi connectivity index (χ2v) is 8.74. The topological polar surface area (TPSA) is 72.7 Å². The van der Waals surface area contributed by atoms with E-state index in [1.807, 2.05) is 18.2 Å². The van der Waals surface area contributed by atoms with Gasteiger partial charge in [0.15, 0.2) is 4.96 Å². The van der Waals surface area contributed by atoms with Crippen molar-refractivity contribution in [2.24, 2.45) is 0 Å². The Hall–Kier alpha value is -2.19. The summed E-state index contributed by atoms with van der Waals surface area (Å²) in [6.07, 6.45) is 6.59. The molecular weight excluding hydrogens is 442 g/mol. The monoisotopic (exact) mass is 461 g/mol. The number of hydrogen-bond acceptors (Lipinski definition) is 5. The molecule has 0 atom stereocenters. The number of halogens is 1. The molecule has 0 fully saturated rings. The van der Waals surface area contributed by atoms with Gasteiger partial charge < -0.3 is 10.1 Å². The smallest absolute Gasteiger partial charge is 0.271 e. The highest BCUT2D eigenvalue weighted by Crippen LogP contribution is 2.27. The number of benzene rings is 1. The van der Waals surface area contributed by atoms with Gasteiger partial charge in [-0.3, -0.25) is 14.0 Å². The maximum absolute atomic E-state index is 13.0. The van der Waals surface area contributed by atoms with E-state index in [0.717, 1.165) is 41.4 Å². The quantitative estimate of drug-likeness (QED) is 0.600. The van der Waals surface area contributed by atoms with Crippen molar-refractivity contribution < 1.29 is 9.53 Å². The minimum atomic E-state index is -0.428. The SMILES string of the molecule is COc1ccc(Br)cc1CNC(=O)c1cnc2sc3c(n2c1=O)CCCCC3. The Labute approximate surface area is 174 Å². The zero-order valence-corrected chi connectivity index (χ0v) is 17.9. The van der Waals surface area contributed by atoms with E-state index < -0.39 is 5.91 Å². The standard InChI is InChI=1S/C20H20BrN3O3S/c1-27-16-8-7-13(21)9-12(16)10-22-18(25)14-11-23-20-24(19(14)26)15-5-3-2-4-6-17(15)28-20/h7-9,11H,2-6,10H2,1H3,(H,22,25). The van der Waals surface area contributed by atoms with Crippen molar-refractivity contribution in [1.29, 1.82) is 0 Å². The molecule has 6 nitrogen and oxygen atoms in total. The van der Waals surface area contributed by atoms with E-state index in [0.29, 0.717) is 10.7 Å². The number of ether oxygens (including phenoxy) is 1. The summed E-state index contributed by atoms with van der Waals surface area (Å²) in [5.41, 5.74) is 1.63. The van der Waals surface area contributed by atoms with Gasteiger partial charge in [0.05, 0.1) is 7.11 Å². The van der Waals surface area contributed by atoms with Gasteiger partial charge in [-0.25, -0.2) is 4.98 Å². The zero-order valence-electron chi connectivity index (χ0n) is 15.5. The van der Waals surface area contributed by atoms with Gasteiger partial charge in [0, 0.05) is 33.3 Å². The highest BCUT2D eigenvalue weighted by molar-refractivity contribution is 9.10. The van der Waals surface area contributed by atoms with E-state index in [2.05, 4.69) is 26.2 Å².